The minimum absolute atomic E-state index is 0.0518. The summed E-state index contributed by atoms with van der Waals surface area (Å²) < 4.78 is 4.36. The zero-order chi connectivity index (χ0) is 10.8. The normalized spacial score (nSPS) is 14.0. The maximum absolute atomic E-state index is 11.0. The fraction of sp³-hybridized carbons (Fsp3) is 0.125. The summed E-state index contributed by atoms with van der Waals surface area (Å²) in [5, 5.41) is 10.9. The van der Waals surface area contributed by atoms with Crippen molar-refractivity contribution in [2.75, 3.05) is 11.1 Å². The summed E-state index contributed by atoms with van der Waals surface area (Å²) >= 11 is 1.35. The topological polar surface area (TPSA) is 88.5 Å². The van der Waals surface area contributed by atoms with E-state index in [2.05, 4.69) is 15.0 Å². The third-order valence-corrected chi connectivity index (χ3v) is 2.69. The van der Waals surface area contributed by atoms with Crippen molar-refractivity contribution >= 4 is 29.6 Å². The van der Waals surface area contributed by atoms with E-state index in [9.17, 15) is 9.59 Å². The lowest BCUT2D eigenvalue weighted by atomic mass is 10.4. The number of pyridine rings is 1. The van der Waals surface area contributed by atoms with E-state index in [1.807, 2.05) is 0 Å². The van der Waals surface area contributed by atoms with Crippen LogP contribution >= 0.6 is 11.8 Å². The second kappa shape index (κ2) is 3.77. The van der Waals surface area contributed by atoms with Gasteiger partial charge in [-0.1, -0.05) is 0 Å². The number of amides is 1. The minimum atomic E-state index is -1.43. The molecule has 15 heavy (non-hydrogen) atoms. The Balaban J connectivity index is 2.28. The van der Waals surface area contributed by atoms with E-state index in [0.717, 1.165) is 4.90 Å². The standard InChI is InChI=1S/C8H6N2O4S/c11-5-3-15-4-1-2-6(14-8(12)13)10-7(4)9-5/h1-2H,3H2,(H,12,13)(H,9,10,11). The molecule has 0 fully saturated rings. The average Bonchev–Trinajstić information content (AvgIpc) is 2.16. The van der Waals surface area contributed by atoms with Gasteiger partial charge in [0, 0.05) is 6.07 Å². The highest BCUT2D eigenvalue weighted by molar-refractivity contribution is 8.00. The number of aromatic nitrogens is 1. The highest BCUT2D eigenvalue weighted by Crippen LogP contribution is 2.31. The van der Waals surface area contributed by atoms with Gasteiger partial charge in [0.1, 0.15) is 5.82 Å². The van der Waals surface area contributed by atoms with Crippen LogP contribution in [0.15, 0.2) is 17.0 Å². The van der Waals surface area contributed by atoms with Crippen LogP contribution in [-0.2, 0) is 4.79 Å². The van der Waals surface area contributed by atoms with Crippen molar-refractivity contribution in [3.63, 3.8) is 0 Å². The van der Waals surface area contributed by atoms with E-state index in [0.29, 0.717) is 11.6 Å². The van der Waals surface area contributed by atoms with Gasteiger partial charge in [0.25, 0.3) is 0 Å². The van der Waals surface area contributed by atoms with Gasteiger partial charge < -0.3 is 15.2 Å². The van der Waals surface area contributed by atoms with Gasteiger partial charge in [0.05, 0.1) is 10.6 Å². The summed E-state index contributed by atoms with van der Waals surface area (Å²) in [5.41, 5.74) is 0. The van der Waals surface area contributed by atoms with E-state index in [1.165, 1.54) is 17.8 Å². The second-order valence-electron chi connectivity index (χ2n) is 2.70. The van der Waals surface area contributed by atoms with Gasteiger partial charge in [-0.05, 0) is 6.07 Å². The van der Waals surface area contributed by atoms with Gasteiger partial charge in [-0.3, -0.25) is 4.79 Å². The highest BCUT2D eigenvalue weighted by atomic mass is 32.2. The van der Waals surface area contributed by atoms with E-state index in [1.54, 1.807) is 6.07 Å². The van der Waals surface area contributed by atoms with Crippen LogP contribution in [0.1, 0.15) is 0 Å². The molecule has 1 aliphatic heterocycles. The number of anilines is 1. The minimum Gasteiger partial charge on any atom is -0.449 e. The lowest BCUT2D eigenvalue weighted by molar-refractivity contribution is -0.113. The third-order valence-electron chi connectivity index (χ3n) is 1.64. The Labute approximate surface area is 88.6 Å². The summed E-state index contributed by atoms with van der Waals surface area (Å²) in [7, 11) is 0. The van der Waals surface area contributed by atoms with Crippen molar-refractivity contribution in [3.8, 4) is 5.88 Å². The van der Waals surface area contributed by atoms with Gasteiger partial charge in [-0.25, -0.2) is 4.79 Å². The molecule has 0 saturated heterocycles. The molecule has 1 aliphatic rings. The Morgan fingerprint density at radius 3 is 3.13 bits per heavy atom. The van der Waals surface area contributed by atoms with Crippen LogP contribution in [0.25, 0.3) is 0 Å². The molecule has 0 bridgehead atoms. The van der Waals surface area contributed by atoms with Crippen LogP contribution in [-0.4, -0.2) is 27.9 Å². The first kappa shape index (κ1) is 9.78. The first-order valence-electron chi connectivity index (χ1n) is 3.99. The summed E-state index contributed by atoms with van der Waals surface area (Å²) in [6.45, 7) is 0. The summed E-state index contributed by atoms with van der Waals surface area (Å²) in [6, 6.07) is 3.10. The number of carbonyl (C=O) groups is 2. The summed E-state index contributed by atoms with van der Waals surface area (Å²) in [5.74, 6) is 0.472. The Morgan fingerprint density at radius 2 is 2.40 bits per heavy atom. The molecule has 0 aliphatic carbocycles. The predicted molar refractivity (Wildman–Crippen MR) is 52.2 cm³/mol. The van der Waals surface area contributed by atoms with Gasteiger partial charge >= 0.3 is 6.16 Å². The maximum atomic E-state index is 11.0. The van der Waals surface area contributed by atoms with Gasteiger partial charge in [0.2, 0.25) is 11.8 Å². The Bertz CT molecular complexity index is 435. The van der Waals surface area contributed by atoms with E-state index in [-0.39, 0.29) is 11.8 Å². The Hall–Kier alpha value is -1.76. The van der Waals surface area contributed by atoms with Gasteiger partial charge in [-0.2, -0.15) is 4.98 Å². The molecule has 1 amide bonds. The molecule has 0 atom stereocenters. The fourth-order valence-electron chi connectivity index (χ4n) is 1.09. The van der Waals surface area contributed by atoms with Crippen molar-refractivity contribution in [1.29, 1.82) is 0 Å². The monoisotopic (exact) mass is 226 g/mol. The molecule has 6 nitrogen and oxygen atoms in total. The number of ether oxygens (including phenoxy) is 1. The zero-order valence-electron chi connectivity index (χ0n) is 7.39. The quantitative estimate of drug-likeness (QED) is 0.699. The van der Waals surface area contributed by atoms with Crippen LogP contribution < -0.4 is 10.1 Å². The molecular formula is C8H6N2O4S. The van der Waals surface area contributed by atoms with Crippen LogP contribution in [0.4, 0.5) is 10.6 Å². The molecular weight excluding hydrogens is 220 g/mol. The summed E-state index contributed by atoms with van der Waals surface area (Å²) in [4.78, 5) is 25.9. The predicted octanol–water partition coefficient (Wildman–Crippen LogP) is 1.18. The van der Waals surface area contributed by atoms with Crippen LogP contribution in [0.3, 0.4) is 0 Å². The molecule has 0 unspecified atom stereocenters. The molecule has 7 heteroatoms. The number of nitrogens with zero attached hydrogens (tertiary/aromatic N) is 1. The molecule has 0 radical (unpaired) electrons. The smallest absolute Gasteiger partial charge is 0.449 e. The number of nitrogens with one attached hydrogen (secondary N) is 1. The first-order valence-corrected chi connectivity index (χ1v) is 4.98. The largest absolute Gasteiger partial charge is 0.512 e. The Morgan fingerprint density at radius 1 is 1.60 bits per heavy atom. The van der Waals surface area contributed by atoms with Crippen molar-refractivity contribution in [2.24, 2.45) is 0 Å². The van der Waals surface area contributed by atoms with E-state index in [4.69, 9.17) is 5.11 Å². The number of rotatable bonds is 1. The second-order valence-corrected chi connectivity index (χ2v) is 3.72. The molecule has 0 aromatic carbocycles. The van der Waals surface area contributed by atoms with E-state index < -0.39 is 6.16 Å². The third kappa shape index (κ3) is 2.18. The molecule has 2 heterocycles. The number of thioether (sulfide) groups is 1. The van der Waals surface area contributed by atoms with Crippen LogP contribution in [0, 0.1) is 0 Å². The highest BCUT2D eigenvalue weighted by Gasteiger charge is 2.17. The molecule has 2 N–H and O–H groups in total. The number of hydrogen-bond donors (Lipinski definition) is 2. The number of hydrogen-bond acceptors (Lipinski definition) is 5. The summed E-state index contributed by atoms with van der Waals surface area (Å²) in [6.07, 6.45) is -1.43. The maximum Gasteiger partial charge on any atom is 0.512 e. The molecule has 0 spiro atoms. The van der Waals surface area contributed by atoms with Crippen molar-refractivity contribution in [3.05, 3.63) is 12.1 Å². The lowest BCUT2D eigenvalue weighted by Gasteiger charge is -2.14. The van der Waals surface area contributed by atoms with E-state index >= 15 is 0 Å². The fourth-order valence-corrected chi connectivity index (χ4v) is 1.85. The SMILES string of the molecule is O=C1CSc2ccc(OC(=O)O)nc2N1. The van der Waals surface area contributed by atoms with Gasteiger partial charge in [-0.15, -0.1) is 11.8 Å². The van der Waals surface area contributed by atoms with Crippen LogP contribution in [0.2, 0.25) is 0 Å². The van der Waals surface area contributed by atoms with Gasteiger partial charge in [0.15, 0.2) is 0 Å². The number of carboxylic acid groups (broad SMARTS) is 1. The molecule has 1 aromatic rings. The van der Waals surface area contributed by atoms with Crippen molar-refractivity contribution in [2.45, 2.75) is 4.90 Å². The number of fused-ring (bicyclic) bond motifs is 1. The molecule has 2 rings (SSSR count). The van der Waals surface area contributed by atoms with Crippen molar-refractivity contribution in [1.82, 2.24) is 4.98 Å². The first-order chi connectivity index (χ1) is 7.15. The average molecular weight is 226 g/mol. The number of carbonyl (C=O) groups excluding carboxylic acids is 1. The molecule has 0 saturated carbocycles. The van der Waals surface area contributed by atoms with Crippen LogP contribution in [0.5, 0.6) is 5.88 Å². The zero-order valence-corrected chi connectivity index (χ0v) is 8.21. The Kier molecular flexibility index (Phi) is 2.46. The molecule has 1 aromatic heterocycles. The lowest BCUT2D eigenvalue weighted by Crippen LogP contribution is -2.20. The molecule has 78 valence electrons. The van der Waals surface area contributed by atoms with Crippen molar-refractivity contribution < 1.29 is 19.4 Å².